The monoisotopic (exact) mass is 461 g/mol. The zero-order valence-corrected chi connectivity index (χ0v) is 19.4. The van der Waals surface area contributed by atoms with E-state index in [0.29, 0.717) is 0 Å². The molecule has 6 nitrogen and oxygen atoms in total. The number of hydrogen-bond donors (Lipinski definition) is 2. The highest BCUT2D eigenvalue weighted by molar-refractivity contribution is 5.47. The summed E-state index contributed by atoms with van der Waals surface area (Å²) < 4.78 is 24.4. The first-order valence-electron chi connectivity index (χ1n) is 11.7. The summed E-state index contributed by atoms with van der Waals surface area (Å²) in [6.07, 6.45) is -2.81. The molecule has 3 N–H and O–H groups in total. The highest BCUT2D eigenvalue weighted by atomic mass is 16.8. The molecule has 0 bridgehead atoms. The van der Waals surface area contributed by atoms with Gasteiger partial charge in [0.2, 0.25) is 0 Å². The van der Waals surface area contributed by atoms with Crippen molar-refractivity contribution < 1.29 is 24.1 Å². The van der Waals surface area contributed by atoms with Gasteiger partial charge in [-0.25, -0.2) is 0 Å². The van der Waals surface area contributed by atoms with Gasteiger partial charge in [0.25, 0.3) is 0 Å². The van der Waals surface area contributed by atoms with E-state index in [1.165, 1.54) is 0 Å². The van der Waals surface area contributed by atoms with Crippen LogP contribution in [0, 0.1) is 0 Å². The fourth-order valence-electron chi connectivity index (χ4n) is 4.95. The Morgan fingerprint density at radius 2 is 1.32 bits per heavy atom. The molecule has 2 unspecified atom stereocenters. The van der Waals surface area contributed by atoms with Gasteiger partial charge in [-0.15, -0.1) is 0 Å². The lowest BCUT2D eigenvalue weighted by molar-refractivity contribution is -0.218. The van der Waals surface area contributed by atoms with Gasteiger partial charge in [0.05, 0.1) is 12.6 Å². The average Bonchev–Trinajstić information content (AvgIpc) is 3.33. The van der Waals surface area contributed by atoms with Gasteiger partial charge in [-0.2, -0.15) is 0 Å². The van der Waals surface area contributed by atoms with Crippen molar-refractivity contribution in [3.8, 4) is 0 Å². The van der Waals surface area contributed by atoms with Gasteiger partial charge < -0.3 is 29.8 Å². The molecule has 0 radical (unpaired) electrons. The van der Waals surface area contributed by atoms with Crippen LogP contribution in [0.5, 0.6) is 0 Å². The zero-order valence-electron chi connectivity index (χ0n) is 19.4. The number of hydrogen-bond acceptors (Lipinski definition) is 6. The highest BCUT2D eigenvalue weighted by Crippen LogP contribution is 2.42. The highest BCUT2D eigenvalue weighted by Gasteiger charge is 2.55. The fourth-order valence-corrected chi connectivity index (χ4v) is 4.95. The van der Waals surface area contributed by atoms with Crippen LogP contribution in [0.15, 0.2) is 91.0 Å². The predicted molar refractivity (Wildman–Crippen MR) is 128 cm³/mol. The molecule has 5 atom stereocenters. The molecule has 178 valence electrons. The molecule has 2 aliphatic heterocycles. The van der Waals surface area contributed by atoms with Gasteiger partial charge in [0, 0.05) is 0 Å². The Morgan fingerprint density at radius 1 is 0.853 bits per heavy atom. The normalized spacial score (nSPS) is 26.8. The third-order valence-electron chi connectivity index (χ3n) is 6.51. The molecule has 2 aliphatic rings. The first-order chi connectivity index (χ1) is 16.4. The number of fused-ring (bicyclic) bond motifs is 1. The Labute approximate surface area is 200 Å². The maximum Gasteiger partial charge on any atom is 0.190 e. The van der Waals surface area contributed by atoms with E-state index >= 15 is 0 Å². The number of aliphatic hydroxyl groups excluding tert-OH is 1. The maximum atomic E-state index is 10.9. The number of aliphatic hydroxyl groups is 1. The first-order valence-corrected chi connectivity index (χ1v) is 11.7. The van der Waals surface area contributed by atoms with Gasteiger partial charge in [-0.3, -0.25) is 0 Å². The molecular formula is C28H31NO5. The van der Waals surface area contributed by atoms with E-state index in [1.807, 2.05) is 54.6 Å². The van der Waals surface area contributed by atoms with E-state index in [0.717, 1.165) is 16.7 Å². The third-order valence-corrected chi connectivity index (χ3v) is 6.51. The Balaban J connectivity index is 1.46. The van der Waals surface area contributed by atoms with Gasteiger partial charge >= 0.3 is 0 Å². The molecule has 6 heteroatoms. The van der Waals surface area contributed by atoms with E-state index in [2.05, 4.69) is 36.4 Å². The Morgan fingerprint density at radius 3 is 1.76 bits per heavy atom. The van der Waals surface area contributed by atoms with Crippen molar-refractivity contribution in [3.05, 3.63) is 108 Å². The average molecular weight is 462 g/mol. The standard InChI is InChI=1S/C28H31NO5/c1-27(2)33-25-23(30)24(32-26(25)34-27)22(29)18-31-28(19-12-6-3-7-13-19,20-14-8-4-9-15-20)21-16-10-5-11-17-21/h3-17,22-26,30H,18,29H2,1-2H3/t22?,23?,24-,25-,26+/m0/s1. The van der Waals surface area contributed by atoms with Crippen LogP contribution in [0.1, 0.15) is 30.5 Å². The van der Waals surface area contributed by atoms with Gasteiger partial charge in [-0.05, 0) is 30.5 Å². The van der Waals surface area contributed by atoms with E-state index in [1.54, 1.807) is 13.8 Å². The van der Waals surface area contributed by atoms with Crippen molar-refractivity contribution in [1.29, 1.82) is 0 Å². The van der Waals surface area contributed by atoms with E-state index in [9.17, 15) is 5.11 Å². The molecule has 2 fully saturated rings. The van der Waals surface area contributed by atoms with Crippen molar-refractivity contribution in [2.75, 3.05) is 6.61 Å². The Kier molecular flexibility index (Phi) is 6.29. The van der Waals surface area contributed by atoms with E-state index in [-0.39, 0.29) is 6.61 Å². The molecule has 0 amide bonds. The van der Waals surface area contributed by atoms with Crippen molar-refractivity contribution in [1.82, 2.24) is 0 Å². The minimum Gasteiger partial charge on any atom is -0.387 e. The van der Waals surface area contributed by atoms with Crippen LogP contribution in [0.3, 0.4) is 0 Å². The summed E-state index contributed by atoms with van der Waals surface area (Å²) in [5, 5.41) is 10.9. The molecule has 2 saturated heterocycles. The molecule has 3 aromatic rings. The number of rotatable bonds is 7. The second-order valence-electron chi connectivity index (χ2n) is 9.31. The topological polar surface area (TPSA) is 83.2 Å². The fraction of sp³-hybridized carbons (Fsp3) is 0.357. The van der Waals surface area contributed by atoms with Crippen LogP contribution in [-0.4, -0.2) is 48.1 Å². The number of nitrogens with two attached hydrogens (primary N) is 1. The molecule has 0 saturated carbocycles. The van der Waals surface area contributed by atoms with Crippen molar-refractivity contribution in [2.24, 2.45) is 5.73 Å². The second kappa shape index (κ2) is 9.23. The summed E-state index contributed by atoms with van der Waals surface area (Å²) in [6.45, 7) is 3.74. The van der Waals surface area contributed by atoms with E-state index < -0.39 is 42.0 Å². The summed E-state index contributed by atoms with van der Waals surface area (Å²) in [5.74, 6) is -0.801. The summed E-state index contributed by atoms with van der Waals surface area (Å²) in [7, 11) is 0. The molecular weight excluding hydrogens is 430 g/mol. The minimum absolute atomic E-state index is 0.142. The van der Waals surface area contributed by atoms with Gasteiger partial charge in [0.1, 0.15) is 23.9 Å². The zero-order chi connectivity index (χ0) is 23.8. The number of ether oxygens (including phenoxy) is 4. The van der Waals surface area contributed by atoms with Crippen LogP contribution in [0.2, 0.25) is 0 Å². The van der Waals surface area contributed by atoms with Gasteiger partial charge in [0.15, 0.2) is 12.1 Å². The lowest BCUT2D eigenvalue weighted by Gasteiger charge is -2.37. The predicted octanol–water partition coefficient (Wildman–Crippen LogP) is 3.56. The third kappa shape index (κ3) is 4.18. The lowest BCUT2D eigenvalue weighted by atomic mass is 9.80. The van der Waals surface area contributed by atoms with Crippen molar-refractivity contribution in [2.45, 2.75) is 55.9 Å². The van der Waals surface area contributed by atoms with Crippen LogP contribution in [0.4, 0.5) is 0 Å². The van der Waals surface area contributed by atoms with Crippen molar-refractivity contribution in [3.63, 3.8) is 0 Å². The van der Waals surface area contributed by atoms with Crippen LogP contribution < -0.4 is 5.73 Å². The summed E-state index contributed by atoms with van der Waals surface area (Å²) in [4.78, 5) is 0. The van der Waals surface area contributed by atoms with Crippen LogP contribution >= 0.6 is 0 Å². The molecule has 3 aromatic carbocycles. The second-order valence-corrected chi connectivity index (χ2v) is 9.31. The van der Waals surface area contributed by atoms with Crippen LogP contribution in [-0.2, 0) is 24.5 Å². The first kappa shape index (κ1) is 23.2. The smallest absolute Gasteiger partial charge is 0.190 e. The quantitative estimate of drug-likeness (QED) is 0.524. The summed E-state index contributed by atoms with van der Waals surface area (Å²) >= 11 is 0. The lowest BCUT2D eigenvalue weighted by Crippen LogP contribution is -2.49. The molecule has 0 aliphatic carbocycles. The Hall–Kier alpha value is -2.58. The van der Waals surface area contributed by atoms with Crippen LogP contribution in [0.25, 0.3) is 0 Å². The Bertz CT molecular complexity index is 979. The molecule has 34 heavy (non-hydrogen) atoms. The minimum atomic E-state index is -0.912. The van der Waals surface area contributed by atoms with Crippen molar-refractivity contribution >= 4 is 0 Å². The maximum absolute atomic E-state index is 10.9. The molecule has 2 heterocycles. The molecule has 5 rings (SSSR count). The van der Waals surface area contributed by atoms with E-state index in [4.69, 9.17) is 24.7 Å². The SMILES string of the molecule is CC1(C)O[C@H]2O[C@@H](C(N)COC(c3ccccc3)(c3ccccc3)c3ccccc3)C(O)[C@@H]2O1. The summed E-state index contributed by atoms with van der Waals surface area (Å²) in [5.41, 5.74) is 8.62. The molecule has 0 spiro atoms. The largest absolute Gasteiger partial charge is 0.387 e. The molecule has 0 aromatic heterocycles. The number of benzene rings is 3. The summed E-state index contributed by atoms with van der Waals surface area (Å²) in [6, 6.07) is 29.7. The van der Waals surface area contributed by atoms with Gasteiger partial charge in [-0.1, -0.05) is 91.0 Å².